The SMILES string of the molecule is CCCCN(C)S(=O)(=O)c1ccc(C(=O)Nc2nc3ccc4nc(C)sc4c3s2)cc1. The number of amides is 1. The second kappa shape index (κ2) is 8.62. The Morgan fingerprint density at radius 2 is 1.68 bits per heavy atom. The number of aromatic nitrogens is 2. The molecule has 0 aliphatic rings. The van der Waals surface area contributed by atoms with Gasteiger partial charge in [-0.3, -0.25) is 10.1 Å². The molecule has 0 aliphatic heterocycles. The highest BCUT2D eigenvalue weighted by Crippen LogP contribution is 2.35. The van der Waals surface area contributed by atoms with Crippen LogP contribution in [0.5, 0.6) is 0 Å². The van der Waals surface area contributed by atoms with Crippen molar-refractivity contribution in [2.45, 2.75) is 31.6 Å². The topological polar surface area (TPSA) is 92.3 Å². The van der Waals surface area contributed by atoms with E-state index in [-0.39, 0.29) is 10.8 Å². The van der Waals surface area contributed by atoms with Gasteiger partial charge in [-0.05, 0) is 49.7 Å². The zero-order valence-electron chi connectivity index (χ0n) is 17.4. The van der Waals surface area contributed by atoms with Gasteiger partial charge in [0.1, 0.15) is 0 Å². The van der Waals surface area contributed by atoms with Gasteiger partial charge in [-0.15, -0.1) is 11.3 Å². The summed E-state index contributed by atoms with van der Waals surface area (Å²) < 4.78 is 28.7. The summed E-state index contributed by atoms with van der Waals surface area (Å²) in [5.74, 6) is -0.334. The fourth-order valence-electron chi connectivity index (χ4n) is 3.17. The van der Waals surface area contributed by atoms with Gasteiger partial charge in [-0.1, -0.05) is 24.7 Å². The third kappa shape index (κ3) is 4.33. The number of benzene rings is 2. The lowest BCUT2D eigenvalue weighted by molar-refractivity contribution is 0.102. The molecule has 4 aromatic rings. The minimum Gasteiger partial charge on any atom is -0.298 e. The minimum absolute atomic E-state index is 0.172. The summed E-state index contributed by atoms with van der Waals surface area (Å²) in [5.41, 5.74) is 2.11. The number of nitrogens with one attached hydrogen (secondary N) is 1. The molecule has 0 bridgehead atoms. The molecule has 7 nitrogen and oxygen atoms in total. The Bertz CT molecular complexity index is 1360. The van der Waals surface area contributed by atoms with E-state index in [0.717, 1.165) is 38.3 Å². The molecule has 1 amide bonds. The molecule has 2 aromatic heterocycles. The molecule has 2 aromatic carbocycles. The van der Waals surface area contributed by atoms with Crippen molar-refractivity contribution in [3.05, 3.63) is 47.0 Å². The van der Waals surface area contributed by atoms with Gasteiger partial charge in [0, 0.05) is 19.2 Å². The molecule has 2 heterocycles. The average Bonchev–Trinajstić information content (AvgIpc) is 3.33. The number of rotatable bonds is 7. The number of aryl methyl sites for hydroxylation is 1. The van der Waals surface area contributed by atoms with Crippen LogP contribution in [0.15, 0.2) is 41.3 Å². The van der Waals surface area contributed by atoms with Crippen molar-refractivity contribution in [2.75, 3.05) is 18.9 Å². The predicted octanol–water partition coefficient (Wildman–Crippen LogP) is 4.89. The van der Waals surface area contributed by atoms with Gasteiger partial charge in [0.15, 0.2) is 5.13 Å². The summed E-state index contributed by atoms with van der Waals surface area (Å²) >= 11 is 3.01. The number of thiazole rings is 2. The first-order valence-electron chi connectivity index (χ1n) is 9.84. The maximum atomic E-state index is 12.7. The van der Waals surface area contributed by atoms with E-state index in [0.29, 0.717) is 17.2 Å². The Morgan fingerprint density at radius 3 is 2.35 bits per heavy atom. The van der Waals surface area contributed by atoms with Crippen molar-refractivity contribution in [1.29, 1.82) is 0 Å². The lowest BCUT2D eigenvalue weighted by atomic mass is 10.2. The molecule has 4 rings (SSSR count). The maximum absolute atomic E-state index is 12.7. The lowest BCUT2D eigenvalue weighted by Gasteiger charge is -2.16. The van der Waals surface area contributed by atoms with Crippen LogP contribution in [0.2, 0.25) is 0 Å². The van der Waals surface area contributed by atoms with E-state index < -0.39 is 10.0 Å². The Morgan fingerprint density at radius 1 is 1.03 bits per heavy atom. The number of hydrogen-bond donors (Lipinski definition) is 1. The molecule has 0 fully saturated rings. The van der Waals surface area contributed by atoms with Crippen molar-refractivity contribution in [3.63, 3.8) is 0 Å². The first kappa shape index (κ1) is 21.8. The maximum Gasteiger partial charge on any atom is 0.257 e. The average molecular weight is 475 g/mol. The normalized spacial score (nSPS) is 12.1. The van der Waals surface area contributed by atoms with Gasteiger partial charge in [-0.2, -0.15) is 0 Å². The summed E-state index contributed by atoms with van der Waals surface area (Å²) in [6, 6.07) is 9.81. The Balaban J connectivity index is 1.53. The highest BCUT2D eigenvalue weighted by Gasteiger charge is 2.21. The van der Waals surface area contributed by atoms with Crippen LogP contribution >= 0.6 is 22.7 Å². The van der Waals surface area contributed by atoms with Gasteiger partial charge >= 0.3 is 0 Å². The van der Waals surface area contributed by atoms with Crippen molar-refractivity contribution in [1.82, 2.24) is 14.3 Å². The standard InChI is InChI=1S/C21H22N4O3S3/c1-4-5-12-25(3)31(27,28)15-8-6-14(7-9-15)20(26)24-21-23-17-11-10-16-18(19(17)30-21)29-13(2)22-16/h6-11H,4-5,12H2,1-3H3,(H,23,24,26). The van der Waals surface area contributed by atoms with Gasteiger partial charge < -0.3 is 0 Å². The van der Waals surface area contributed by atoms with Crippen LogP contribution in [0.4, 0.5) is 5.13 Å². The quantitative estimate of drug-likeness (QED) is 0.412. The fourth-order valence-corrected chi connectivity index (χ4v) is 6.38. The first-order chi connectivity index (χ1) is 14.8. The highest BCUT2D eigenvalue weighted by molar-refractivity contribution is 7.89. The first-order valence-corrected chi connectivity index (χ1v) is 12.9. The number of hydrogen-bond acceptors (Lipinski definition) is 7. The van der Waals surface area contributed by atoms with Crippen LogP contribution in [-0.2, 0) is 10.0 Å². The van der Waals surface area contributed by atoms with Crippen molar-refractivity contribution in [2.24, 2.45) is 0 Å². The van der Waals surface area contributed by atoms with Crippen LogP contribution < -0.4 is 5.32 Å². The van der Waals surface area contributed by atoms with E-state index in [1.807, 2.05) is 26.0 Å². The monoisotopic (exact) mass is 474 g/mol. The number of nitrogens with zero attached hydrogens (tertiary/aromatic N) is 3. The molecule has 0 spiro atoms. The predicted molar refractivity (Wildman–Crippen MR) is 127 cm³/mol. The number of carbonyl (C=O) groups is 1. The second-order valence-corrected chi connectivity index (χ2v) is 11.4. The van der Waals surface area contributed by atoms with Crippen LogP contribution in [0, 0.1) is 6.92 Å². The molecule has 0 saturated carbocycles. The summed E-state index contributed by atoms with van der Waals surface area (Å²) in [6.45, 7) is 4.44. The van der Waals surface area contributed by atoms with Crippen molar-refractivity contribution >= 4 is 64.2 Å². The van der Waals surface area contributed by atoms with Crippen LogP contribution in [0.1, 0.15) is 35.1 Å². The van der Waals surface area contributed by atoms with E-state index >= 15 is 0 Å². The summed E-state index contributed by atoms with van der Waals surface area (Å²) in [4.78, 5) is 21.9. The Hall–Kier alpha value is -2.40. The summed E-state index contributed by atoms with van der Waals surface area (Å²) in [7, 11) is -1.99. The van der Waals surface area contributed by atoms with Crippen LogP contribution in [0.3, 0.4) is 0 Å². The largest absolute Gasteiger partial charge is 0.298 e. The molecule has 31 heavy (non-hydrogen) atoms. The number of anilines is 1. The van der Waals surface area contributed by atoms with Crippen LogP contribution in [-0.4, -0.2) is 42.2 Å². The molecule has 0 saturated heterocycles. The lowest BCUT2D eigenvalue weighted by Crippen LogP contribution is -2.28. The third-order valence-corrected chi connectivity index (χ3v) is 8.90. The molecule has 0 unspecified atom stereocenters. The van der Waals surface area contributed by atoms with E-state index in [1.165, 1.54) is 39.9 Å². The number of unbranched alkanes of at least 4 members (excludes halogenated alkanes) is 1. The molecular weight excluding hydrogens is 452 g/mol. The van der Waals surface area contributed by atoms with Gasteiger partial charge in [0.05, 0.1) is 30.3 Å². The van der Waals surface area contributed by atoms with Gasteiger partial charge in [0.2, 0.25) is 10.0 Å². The molecular formula is C21H22N4O3S3. The molecule has 162 valence electrons. The van der Waals surface area contributed by atoms with Crippen LogP contribution in [0.25, 0.3) is 20.4 Å². The highest BCUT2D eigenvalue weighted by atomic mass is 32.2. The van der Waals surface area contributed by atoms with E-state index in [2.05, 4.69) is 15.3 Å². The third-order valence-electron chi connectivity index (χ3n) is 4.89. The van der Waals surface area contributed by atoms with Gasteiger partial charge in [0.25, 0.3) is 5.91 Å². The van der Waals surface area contributed by atoms with Crippen molar-refractivity contribution < 1.29 is 13.2 Å². The van der Waals surface area contributed by atoms with E-state index in [1.54, 1.807) is 18.4 Å². The summed E-state index contributed by atoms with van der Waals surface area (Å²) in [6.07, 6.45) is 1.71. The molecule has 10 heteroatoms. The zero-order valence-corrected chi connectivity index (χ0v) is 19.8. The molecule has 0 atom stereocenters. The summed E-state index contributed by atoms with van der Waals surface area (Å²) in [5, 5.41) is 4.30. The van der Waals surface area contributed by atoms with Gasteiger partial charge in [-0.25, -0.2) is 22.7 Å². The number of sulfonamides is 1. The second-order valence-electron chi connectivity index (χ2n) is 7.17. The van der Waals surface area contributed by atoms with E-state index in [4.69, 9.17) is 0 Å². The Labute approximate surface area is 188 Å². The van der Waals surface area contributed by atoms with E-state index in [9.17, 15) is 13.2 Å². The number of fused-ring (bicyclic) bond motifs is 3. The molecule has 0 radical (unpaired) electrons. The molecule has 0 aliphatic carbocycles. The Kier molecular flexibility index (Phi) is 6.07. The zero-order chi connectivity index (χ0) is 22.2. The van der Waals surface area contributed by atoms with Crippen molar-refractivity contribution in [3.8, 4) is 0 Å². The number of carbonyl (C=O) groups excluding carboxylic acids is 1. The smallest absolute Gasteiger partial charge is 0.257 e. The molecule has 1 N–H and O–H groups in total. The fraction of sp³-hybridized carbons (Fsp3) is 0.286. The minimum atomic E-state index is -3.56.